The van der Waals surface area contributed by atoms with Gasteiger partial charge in [0, 0.05) is 35.9 Å². The van der Waals surface area contributed by atoms with E-state index in [4.69, 9.17) is 0 Å². The van der Waals surface area contributed by atoms with Crippen molar-refractivity contribution in [3.8, 4) is 0 Å². The van der Waals surface area contributed by atoms with Crippen LogP contribution in [0.15, 0.2) is 35.4 Å². The van der Waals surface area contributed by atoms with E-state index in [9.17, 15) is 4.79 Å². The Kier molecular flexibility index (Phi) is 5.54. The first-order valence-electron chi connectivity index (χ1n) is 9.84. The second-order valence-corrected chi connectivity index (χ2v) is 8.35. The summed E-state index contributed by atoms with van der Waals surface area (Å²) in [7, 11) is 0. The number of anilines is 1. The molecule has 0 radical (unpaired) electrons. The van der Waals surface area contributed by atoms with Crippen molar-refractivity contribution in [2.24, 2.45) is 5.92 Å². The Balaban J connectivity index is 1.35. The Bertz CT molecular complexity index is 797. The molecule has 2 aromatic heterocycles. The number of thiophene rings is 1. The van der Waals surface area contributed by atoms with Gasteiger partial charge in [0.05, 0.1) is 5.92 Å². The zero-order valence-electron chi connectivity index (χ0n) is 15.2. The van der Waals surface area contributed by atoms with Crippen LogP contribution in [0.25, 0.3) is 10.1 Å². The van der Waals surface area contributed by atoms with Crippen LogP contribution in [-0.2, 0) is 4.79 Å². The Hall–Kier alpha value is -1.88. The number of nitrogens with one attached hydrogen (secondary N) is 1. The van der Waals surface area contributed by atoms with Gasteiger partial charge in [-0.05, 0) is 62.5 Å². The van der Waals surface area contributed by atoms with E-state index in [1.165, 1.54) is 41.3 Å². The fraction of sp³-hybridized carbons (Fsp3) is 0.524. The number of amides is 1. The molecule has 1 fully saturated rings. The molecule has 1 aliphatic carbocycles. The van der Waals surface area contributed by atoms with E-state index in [2.05, 4.69) is 38.8 Å². The largest absolute Gasteiger partial charge is 0.355 e. The fourth-order valence-corrected chi connectivity index (χ4v) is 4.91. The maximum Gasteiger partial charge on any atom is 0.224 e. The Morgan fingerprint density at radius 2 is 2.27 bits per heavy atom. The number of hydrogen-bond donors (Lipinski definition) is 1. The average molecular weight is 370 g/mol. The van der Waals surface area contributed by atoms with Crippen LogP contribution < -0.4 is 10.2 Å². The number of allylic oxidation sites excluding steroid dienone is 1. The minimum atomic E-state index is 0.0692. The molecule has 0 saturated carbocycles. The molecule has 4 rings (SSSR count). The highest BCUT2D eigenvalue weighted by molar-refractivity contribution is 7.17. The number of hydrogen-bond acceptors (Lipinski definition) is 4. The van der Waals surface area contributed by atoms with Crippen molar-refractivity contribution < 1.29 is 4.79 Å². The molecule has 2 aromatic rings. The number of pyridine rings is 1. The normalized spacial score (nSPS) is 20.8. The third-order valence-electron chi connectivity index (χ3n) is 5.58. The van der Waals surface area contributed by atoms with Gasteiger partial charge in [0.2, 0.25) is 5.91 Å². The van der Waals surface area contributed by atoms with Gasteiger partial charge < -0.3 is 10.2 Å². The van der Waals surface area contributed by atoms with Crippen molar-refractivity contribution in [1.29, 1.82) is 0 Å². The summed E-state index contributed by atoms with van der Waals surface area (Å²) < 4.78 is 1.27. The van der Waals surface area contributed by atoms with Gasteiger partial charge in [0.1, 0.15) is 5.82 Å². The van der Waals surface area contributed by atoms with Crippen LogP contribution in [0.4, 0.5) is 5.82 Å². The monoisotopic (exact) mass is 369 g/mol. The number of nitrogens with zero attached hydrogens (tertiary/aromatic N) is 2. The molecular weight excluding hydrogens is 342 g/mol. The zero-order chi connectivity index (χ0) is 17.8. The molecule has 3 heterocycles. The highest BCUT2D eigenvalue weighted by Gasteiger charge is 2.27. The molecule has 1 aliphatic heterocycles. The second-order valence-electron chi connectivity index (χ2n) is 7.40. The molecule has 26 heavy (non-hydrogen) atoms. The van der Waals surface area contributed by atoms with Crippen molar-refractivity contribution in [1.82, 2.24) is 10.3 Å². The molecular formula is C21H27N3OS. The standard InChI is InChI=1S/C21H27N3OS/c25-21(23-11-8-16-5-2-1-3-6-16)17-7-4-13-24(15-17)20-18-10-14-26-19(18)9-12-22-20/h5,9-10,12,14,17H,1-4,6-8,11,13,15H2,(H,23,25). The van der Waals surface area contributed by atoms with E-state index in [0.717, 1.165) is 44.7 Å². The molecule has 0 aromatic carbocycles. The van der Waals surface area contributed by atoms with Crippen LogP contribution in [-0.4, -0.2) is 30.5 Å². The highest BCUT2D eigenvalue weighted by atomic mass is 32.1. The van der Waals surface area contributed by atoms with Crippen LogP contribution in [0.2, 0.25) is 0 Å². The van der Waals surface area contributed by atoms with E-state index >= 15 is 0 Å². The Labute approximate surface area is 159 Å². The van der Waals surface area contributed by atoms with Gasteiger partial charge in [-0.25, -0.2) is 4.98 Å². The molecule has 1 atom stereocenters. The molecule has 138 valence electrons. The molecule has 0 bridgehead atoms. The minimum Gasteiger partial charge on any atom is -0.355 e. The summed E-state index contributed by atoms with van der Waals surface area (Å²) in [5.74, 6) is 1.32. The maximum absolute atomic E-state index is 12.7. The molecule has 1 unspecified atom stereocenters. The Morgan fingerprint density at radius 3 is 3.15 bits per heavy atom. The summed E-state index contributed by atoms with van der Waals surface area (Å²) >= 11 is 1.75. The van der Waals surface area contributed by atoms with Gasteiger partial charge in [-0.3, -0.25) is 4.79 Å². The van der Waals surface area contributed by atoms with E-state index in [1.807, 2.05) is 6.20 Å². The fourth-order valence-electron chi connectivity index (χ4n) is 4.14. The summed E-state index contributed by atoms with van der Waals surface area (Å²) in [6, 6.07) is 4.21. The number of carbonyl (C=O) groups excluding carboxylic acids is 1. The molecule has 0 spiro atoms. The van der Waals surface area contributed by atoms with Crippen molar-refractivity contribution in [3.63, 3.8) is 0 Å². The van der Waals surface area contributed by atoms with Gasteiger partial charge in [-0.1, -0.05) is 11.6 Å². The predicted octanol–water partition coefficient (Wildman–Crippen LogP) is 4.52. The highest BCUT2D eigenvalue weighted by Crippen LogP contribution is 2.31. The lowest BCUT2D eigenvalue weighted by Crippen LogP contribution is -2.43. The first kappa shape index (κ1) is 17.5. The summed E-state index contributed by atoms with van der Waals surface area (Å²) in [6.07, 6.45) is 12.3. The van der Waals surface area contributed by atoms with Crippen molar-refractivity contribution in [2.45, 2.75) is 44.9 Å². The van der Waals surface area contributed by atoms with Crippen LogP contribution in [0.3, 0.4) is 0 Å². The van der Waals surface area contributed by atoms with Crippen molar-refractivity contribution >= 4 is 33.1 Å². The topological polar surface area (TPSA) is 45.2 Å². The van der Waals surface area contributed by atoms with Crippen molar-refractivity contribution in [2.75, 3.05) is 24.5 Å². The van der Waals surface area contributed by atoms with E-state index in [-0.39, 0.29) is 11.8 Å². The molecule has 4 nitrogen and oxygen atoms in total. The van der Waals surface area contributed by atoms with Gasteiger partial charge >= 0.3 is 0 Å². The number of carbonyl (C=O) groups is 1. The summed E-state index contributed by atoms with van der Waals surface area (Å²) in [5, 5.41) is 6.51. The van der Waals surface area contributed by atoms with Gasteiger partial charge in [0.15, 0.2) is 0 Å². The van der Waals surface area contributed by atoms with E-state index < -0.39 is 0 Å². The summed E-state index contributed by atoms with van der Waals surface area (Å²) in [6.45, 7) is 2.54. The lowest BCUT2D eigenvalue weighted by molar-refractivity contribution is -0.125. The third kappa shape index (κ3) is 3.93. The van der Waals surface area contributed by atoms with Gasteiger partial charge in [-0.2, -0.15) is 0 Å². The van der Waals surface area contributed by atoms with Crippen molar-refractivity contribution in [3.05, 3.63) is 35.4 Å². The van der Waals surface area contributed by atoms with Crippen LogP contribution in [0, 0.1) is 5.92 Å². The SMILES string of the molecule is O=C(NCCC1=CCCCC1)C1CCCN(c2nccc3sccc23)C1. The average Bonchev–Trinajstić information content (AvgIpc) is 3.18. The first-order chi connectivity index (χ1) is 12.8. The number of aromatic nitrogens is 1. The molecule has 5 heteroatoms. The minimum absolute atomic E-state index is 0.0692. The van der Waals surface area contributed by atoms with Crippen LogP contribution in [0.1, 0.15) is 44.9 Å². The lowest BCUT2D eigenvalue weighted by Gasteiger charge is -2.33. The summed E-state index contributed by atoms with van der Waals surface area (Å²) in [5.41, 5.74) is 1.52. The second kappa shape index (κ2) is 8.21. The molecule has 1 amide bonds. The zero-order valence-corrected chi connectivity index (χ0v) is 16.1. The molecule has 2 aliphatic rings. The van der Waals surface area contributed by atoms with Gasteiger partial charge in [0.25, 0.3) is 0 Å². The van der Waals surface area contributed by atoms with Crippen LogP contribution >= 0.6 is 11.3 Å². The van der Waals surface area contributed by atoms with E-state index in [0.29, 0.717) is 0 Å². The number of rotatable bonds is 5. The lowest BCUT2D eigenvalue weighted by atomic mass is 9.96. The summed E-state index contributed by atoms with van der Waals surface area (Å²) in [4.78, 5) is 19.6. The van der Waals surface area contributed by atoms with E-state index in [1.54, 1.807) is 11.3 Å². The smallest absolute Gasteiger partial charge is 0.224 e. The number of piperidine rings is 1. The van der Waals surface area contributed by atoms with Gasteiger partial charge in [-0.15, -0.1) is 11.3 Å². The first-order valence-corrected chi connectivity index (χ1v) is 10.7. The predicted molar refractivity (Wildman–Crippen MR) is 109 cm³/mol. The Morgan fingerprint density at radius 1 is 1.31 bits per heavy atom. The van der Waals surface area contributed by atoms with Crippen LogP contribution in [0.5, 0.6) is 0 Å². The maximum atomic E-state index is 12.7. The third-order valence-corrected chi connectivity index (χ3v) is 6.46. The molecule has 1 saturated heterocycles. The quantitative estimate of drug-likeness (QED) is 0.788. The molecule has 1 N–H and O–H groups in total. The number of fused-ring (bicyclic) bond motifs is 1.